The Morgan fingerprint density at radius 1 is 1.09 bits per heavy atom. The highest BCUT2D eigenvalue weighted by Gasteiger charge is 2.28. The van der Waals surface area contributed by atoms with Crippen LogP contribution >= 0.6 is 0 Å². The maximum atomic E-state index is 14.8. The Kier molecular flexibility index (Phi) is 6.67. The molecule has 2 N–H and O–H groups in total. The number of pyridine rings is 2. The second-order valence-electron chi connectivity index (χ2n) is 7.37. The summed E-state index contributed by atoms with van der Waals surface area (Å²) in [6.45, 7) is 0.443. The number of anilines is 1. The van der Waals surface area contributed by atoms with Gasteiger partial charge in [0.05, 0.1) is 23.5 Å². The van der Waals surface area contributed by atoms with Crippen molar-refractivity contribution in [3.05, 3.63) is 95.8 Å². The molecule has 4 rings (SSSR count). The average molecular weight is 477 g/mol. The summed E-state index contributed by atoms with van der Waals surface area (Å²) in [5, 5.41) is 15.1. The third-order valence-corrected chi connectivity index (χ3v) is 6.90. The van der Waals surface area contributed by atoms with Gasteiger partial charge in [-0.15, -0.1) is 0 Å². The van der Waals surface area contributed by atoms with Crippen LogP contribution in [-0.4, -0.2) is 29.4 Å². The lowest BCUT2D eigenvalue weighted by atomic mass is 10.1. The first-order valence-electron chi connectivity index (χ1n) is 10.3. The SMILES string of the molecule is CNCc1cc(-c2ccccc2F)n(S(=O)(=O)c2cccnc2)c1CNc1ccc(C#N)cn1. The molecule has 0 aliphatic carbocycles. The van der Waals surface area contributed by atoms with E-state index in [1.807, 2.05) is 6.07 Å². The van der Waals surface area contributed by atoms with E-state index in [1.54, 1.807) is 43.4 Å². The first-order chi connectivity index (χ1) is 16.5. The van der Waals surface area contributed by atoms with Crippen LogP contribution < -0.4 is 10.6 Å². The zero-order valence-corrected chi connectivity index (χ0v) is 19.1. The smallest absolute Gasteiger partial charge is 0.270 e. The van der Waals surface area contributed by atoms with Gasteiger partial charge in [-0.05, 0) is 55.1 Å². The van der Waals surface area contributed by atoms with Gasteiger partial charge in [0.15, 0.2) is 0 Å². The molecule has 0 fully saturated rings. The highest BCUT2D eigenvalue weighted by Crippen LogP contribution is 2.32. The van der Waals surface area contributed by atoms with E-state index in [0.29, 0.717) is 29.2 Å². The van der Waals surface area contributed by atoms with E-state index >= 15 is 0 Å². The minimum Gasteiger partial charge on any atom is -0.364 e. The Bertz CT molecular complexity index is 1450. The Balaban J connectivity index is 1.89. The predicted octanol–water partition coefficient (Wildman–Crippen LogP) is 3.52. The van der Waals surface area contributed by atoms with E-state index in [9.17, 15) is 12.8 Å². The van der Waals surface area contributed by atoms with Crippen LogP contribution in [-0.2, 0) is 23.1 Å². The Morgan fingerprint density at radius 3 is 2.56 bits per heavy atom. The van der Waals surface area contributed by atoms with Crippen molar-refractivity contribution in [2.45, 2.75) is 18.0 Å². The van der Waals surface area contributed by atoms with Gasteiger partial charge in [-0.2, -0.15) is 5.26 Å². The van der Waals surface area contributed by atoms with Gasteiger partial charge < -0.3 is 10.6 Å². The number of benzene rings is 1. The molecule has 3 aromatic heterocycles. The molecule has 0 saturated carbocycles. The van der Waals surface area contributed by atoms with Gasteiger partial charge in [0.2, 0.25) is 0 Å². The number of halogens is 1. The van der Waals surface area contributed by atoms with Gasteiger partial charge in [0.1, 0.15) is 22.6 Å². The highest BCUT2D eigenvalue weighted by atomic mass is 32.2. The Labute approximate surface area is 196 Å². The zero-order chi connectivity index (χ0) is 24.1. The molecule has 0 saturated heterocycles. The van der Waals surface area contributed by atoms with E-state index < -0.39 is 15.8 Å². The molecule has 172 valence electrons. The first kappa shape index (κ1) is 23.1. The lowest BCUT2D eigenvalue weighted by molar-refractivity contribution is 0.584. The molecule has 3 heterocycles. The standard InChI is InChI=1S/C24H21FN6O2S/c1-27-14-18-11-22(20-6-2-3-7-21(20)25)31(34(32,33)19-5-4-10-28-15-19)23(18)16-30-24-9-8-17(12-26)13-29-24/h2-11,13,15,27H,14,16H2,1H3,(H,29,30). The molecule has 0 amide bonds. The topological polar surface area (TPSA) is 113 Å². The number of aromatic nitrogens is 3. The van der Waals surface area contributed by atoms with Crippen molar-refractivity contribution in [2.75, 3.05) is 12.4 Å². The van der Waals surface area contributed by atoms with Gasteiger partial charge in [-0.1, -0.05) is 12.1 Å². The average Bonchev–Trinajstić information content (AvgIpc) is 3.22. The van der Waals surface area contributed by atoms with Crippen molar-refractivity contribution >= 4 is 15.8 Å². The van der Waals surface area contributed by atoms with Crippen molar-refractivity contribution < 1.29 is 12.8 Å². The van der Waals surface area contributed by atoms with Crippen LogP contribution in [0.2, 0.25) is 0 Å². The molecule has 0 aliphatic rings. The third-order valence-electron chi connectivity index (χ3n) is 5.16. The summed E-state index contributed by atoms with van der Waals surface area (Å²) in [5.41, 5.74) is 1.87. The molecular formula is C24H21FN6O2S. The van der Waals surface area contributed by atoms with E-state index in [4.69, 9.17) is 5.26 Å². The van der Waals surface area contributed by atoms with Crippen LogP contribution in [0.5, 0.6) is 0 Å². The summed E-state index contributed by atoms with van der Waals surface area (Å²) in [4.78, 5) is 8.12. The van der Waals surface area contributed by atoms with E-state index in [-0.39, 0.29) is 22.7 Å². The quantitative estimate of drug-likeness (QED) is 0.400. The van der Waals surface area contributed by atoms with Gasteiger partial charge in [0.25, 0.3) is 10.0 Å². The summed E-state index contributed by atoms with van der Waals surface area (Å²) >= 11 is 0. The van der Waals surface area contributed by atoms with Crippen LogP contribution in [0.1, 0.15) is 16.8 Å². The molecule has 10 heteroatoms. The molecule has 0 radical (unpaired) electrons. The van der Waals surface area contributed by atoms with Crippen LogP contribution in [0.4, 0.5) is 10.2 Å². The fourth-order valence-corrected chi connectivity index (χ4v) is 5.12. The highest BCUT2D eigenvalue weighted by molar-refractivity contribution is 7.90. The second kappa shape index (κ2) is 9.82. The van der Waals surface area contributed by atoms with Crippen LogP contribution in [0.25, 0.3) is 11.3 Å². The molecule has 0 spiro atoms. The number of nitrogens with one attached hydrogen (secondary N) is 2. The van der Waals surface area contributed by atoms with Gasteiger partial charge in [-0.25, -0.2) is 21.8 Å². The van der Waals surface area contributed by atoms with E-state index in [0.717, 1.165) is 3.97 Å². The maximum Gasteiger partial charge on any atom is 0.270 e. The zero-order valence-electron chi connectivity index (χ0n) is 18.2. The number of hydrogen-bond donors (Lipinski definition) is 2. The molecule has 0 aliphatic heterocycles. The molecule has 34 heavy (non-hydrogen) atoms. The fraction of sp³-hybridized carbons (Fsp3) is 0.125. The van der Waals surface area contributed by atoms with E-state index in [1.165, 1.54) is 36.8 Å². The fourth-order valence-electron chi connectivity index (χ4n) is 3.59. The summed E-state index contributed by atoms with van der Waals surface area (Å²) in [6, 6.07) is 15.9. The molecule has 0 unspecified atom stereocenters. The predicted molar refractivity (Wildman–Crippen MR) is 126 cm³/mol. The lowest BCUT2D eigenvalue weighted by Gasteiger charge is -2.16. The number of nitriles is 1. The minimum atomic E-state index is -4.12. The largest absolute Gasteiger partial charge is 0.364 e. The third kappa shape index (κ3) is 4.52. The molecule has 1 aromatic carbocycles. The monoisotopic (exact) mass is 476 g/mol. The molecular weight excluding hydrogens is 455 g/mol. The van der Waals surface area contributed by atoms with Crippen molar-refractivity contribution in [1.82, 2.24) is 19.3 Å². The summed E-state index contributed by atoms with van der Waals surface area (Å²) in [5.74, 6) is -0.0692. The summed E-state index contributed by atoms with van der Waals surface area (Å²) < 4.78 is 43.5. The number of hydrogen-bond acceptors (Lipinski definition) is 7. The van der Waals surface area contributed by atoms with Crippen LogP contribution in [0.3, 0.4) is 0 Å². The summed E-state index contributed by atoms with van der Waals surface area (Å²) in [7, 11) is -2.38. The summed E-state index contributed by atoms with van der Waals surface area (Å²) in [6.07, 6.45) is 4.17. The van der Waals surface area contributed by atoms with Gasteiger partial charge in [0, 0.05) is 30.7 Å². The number of rotatable bonds is 8. The van der Waals surface area contributed by atoms with Gasteiger partial charge >= 0.3 is 0 Å². The van der Waals surface area contributed by atoms with Crippen LogP contribution in [0, 0.1) is 17.1 Å². The second-order valence-corrected chi connectivity index (χ2v) is 9.15. The first-order valence-corrected chi connectivity index (χ1v) is 11.8. The van der Waals surface area contributed by atoms with Gasteiger partial charge in [-0.3, -0.25) is 4.98 Å². The Morgan fingerprint density at radius 2 is 1.91 bits per heavy atom. The van der Waals surface area contributed by atoms with Crippen molar-refractivity contribution in [3.63, 3.8) is 0 Å². The van der Waals surface area contributed by atoms with Crippen LogP contribution in [0.15, 0.2) is 78.1 Å². The lowest BCUT2D eigenvalue weighted by Crippen LogP contribution is -2.20. The van der Waals surface area contributed by atoms with Crippen molar-refractivity contribution in [3.8, 4) is 17.3 Å². The minimum absolute atomic E-state index is 0.0167. The molecule has 8 nitrogen and oxygen atoms in total. The normalized spacial score (nSPS) is 11.2. The molecule has 4 aromatic rings. The molecule has 0 bridgehead atoms. The Hall–Kier alpha value is -4.07. The van der Waals surface area contributed by atoms with Crippen molar-refractivity contribution in [1.29, 1.82) is 5.26 Å². The maximum absolute atomic E-state index is 14.8. The van der Waals surface area contributed by atoms with E-state index in [2.05, 4.69) is 20.6 Å². The number of nitrogens with zero attached hydrogens (tertiary/aromatic N) is 4. The van der Waals surface area contributed by atoms with Crippen molar-refractivity contribution in [2.24, 2.45) is 0 Å². The molecule has 0 atom stereocenters.